The van der Waals surface area contributed by atoms with Gasteiger partial charge in [0.1, 0.15) is 11.2 Å². The van der Waals surface area contributed by atoms with Gasteiger partial charge in [-0.1, -0.05) is 24.3 Å². The van der Waals surface area contributed by atoms with Crippen molar-refractivity contribution in [2.24, 2.45) is 4.99 Å². The molecule has 0 spiro atoms. The van der Waals surface area contributed by atoms with Gasteiger partial charge < -0.3 is 5.11 Å². The first-order valence-electron chi connectivity index (χ1n) is 6.76. The van der Waals surface area contributed by atoms with Crippen molar-refractivity contribution in [1.29, 1.82) is 0 Å². The van der Waals surface area contributed by atoms with Gasteiger partial charge in [0.2, 0.25) is 5.78 Å². The van der Waals surface area contributed by atoms with Crippen LogP contribution >= 0.6 is 0 Å². The molecule has 0 saturated heterocycles. The van der Waals surface area contributed by atoms with Crippen LogP contribution in [0, 0.1) is 12.1 Å². The van der Waals surface area contributed by atoms with Crippen molar-refractivity contribution in [2.75, 3.05) is 0 Å². The number of carbonyl (C=O) groups is 1. The number of aromatic nitrogens is 1. The van der Waals surface area contributed by atoms with E-state index in [0.717, 1.165) is 4.73 Å². The summed E-state index contributed by atoms with van der Waals surface area (Å²) in [5.41, 5.74) is 0.905. The van der Waals surface area contributed by atoms with Crippen LogP contribution in [-0.4, -0.2) is 30.1 Å². The molecule has 0 radical (unpaired) electrons. The normalized spacial score (nSPS) is 14.2. The highest BCUT2D eigenvalue weighted by molar-refractivity contribution is 7.74. The molecule has 1 unspecified atom stereocenters. The molecule has 2 N–H and O–H groups in total. The maximum Gasteiger partial charge on any atom is 0.377 e. The molecule has 0 amide bonds. The molecule has 4 rings (SSSR count). The first-order chi connectivity index (χ1) is 11.6. The number of hydrogen-bond acceptors (Lipinski definition) is 5. The van der Waals surface area contributed by atoms with E-state index >= 15 is 0 Å². The third kappa shape index (κ3) is 2.00. The summed E-state index contributed by atoms with van der Waals surface area (Å²) in [7, 11) is 0. The van der Waals surface area contributed by atoms with E-state index in [4.69, 9.17) is 8.84 Å². The Bertz CT molecular complexity index is 1050. The topological polar surface area (TPSA) is 101 Å². The number of Topliss-reactive ketones (excluding diaryl/α,β-unsaturated/α-hetero) is 1. The number of ketones is 1. The Balaban J connectivity index is 2.00. The number of para-hydroxylation sites is 1. The Kier molecular flexibility index (Phi) is 3.13. The third-order valence-corrected chi connectivity index (χ3v) is 3.90. The van der Waals surface area contributed by atoms with Crippen LogP contribution < -0.4 is 4.28 Å². The number of rotatable bonds is 3. The van der Waals surface area contributed by atoms with Crippen LogP contribution in [-0.2, 0) is 11.4 Å². The monoisotopic (exact) mass is 340 g/mol. The maximum absolute atomic E-state index is 12.6. The smallest absolute Gasteiger partial charge is 0.377 e. The molecule has 7 nitrogen and oxygen atoms in total. The van der Waals surface area contributed by atoms with Gasteiger partial charge in [-0.15, -0.1) is 0 Å². The fraction of sp³-hybridized carbons (Fsp3) is 0. The Hall–Kier alpha value is -3.15. The molecule has 1 atom stereocenters. The van der Waals surface area contributed by atoms with E-state index < -0.39 is 17.1 Å². The molecule has 0 fully saturated rings. The summed E-state index contributed by atoms with van der Waals surface area (Å²) in [4.78, 5) is 16.8. The van der Waals surface area contributed by atoms with E-state index in [9.17, 15) is 14.1 Å². The summed E-state index contributed by atoms with van der Waals surface area (Å²) in [5.74, 6) is -0.742. The molecule has 8 heteroatoms. The van der Waals surface area contributed by atoms with E-state index in [1.54, 1.807) is 24.3 Å². The van der Waals surface area contributed by atoms with Gasteiger partial charge in [-0.3, -0.25) is 13.6 Å². The van der Waals surface area contributed by atoms with E-state index in [1.165, 1.54) is 12.1 Å². The molecule has 0 saturated carbocycles. The minimum absolute atomic E-state index is 0.0799. The second kappa shape index (κ2) is 5.19. The Morgan fingerprint density at radius 2 is 2.04 bits per heavy atom. The fourth-order valence-corrected chi connectivity index (χ4v) is 2.92. The van der Waals surface area contributed by atoms with Gasteiger partial charge in [0.15, 0.2) is 11.4 Å². The highest BCUT2D eigenvalue weighted by Crippen LogP contribution is 2.36. The highest BCUT2D eigenvalue weighted by Gasteiger charge is 2.33. The standard InChI is InChI=1S/C16H8N2O5S/c19-15-9-5-1-3-7-11(9)17-13(15)14-16(20)10-6-2-4-8-12(10)18(14)23-24(21)22/h1,3-5,7-8,20H,(H,21,22). The molecule has 2 aromatic carbocycles. The number of carbonyl (C=O) groups excluding carboxylic acids is 1. The molecule has 3 aromatic rings. The molecule has 1 aromatic heterocycles. The minimum Gasteiger partial charge on any atom is -0.504 e. The number of nitrogens with zero attached hydrogens (tertiary/aromatic N) is 2. The number of fused-ring (bicyclic) bond motifs is 2. The van der Waals surface area contributed by atoms with Crippen LogP contribution in [0.4, 0.5) is 5.69 Å². The van der Waals surface area contributed by atoms with Crippen molar-refractivity contribution in [3.63, 3.8) is 0 Å². The largest absolute Gasteiger partial charge is 0.504 e. The first kappa shape index (κ1) is 14.4. The van der Waals surface area contributed by atoms with Gasteiger partial charge in [0.25, 0.3) is 0 Å². The fourth-order valence-electron chi connectivity index (χ4n) is 2.64. The van der Waals surface area contributed by atoms with Crippen LogP contribution in [0.15, 0.2) is 41.4 Å². The molecule has 24 heavy (non-hydrogen) atoms. The molecule has 1 aliphatic rings. The van der Waals surface area contributed by atoms with Gasteiger partial charge in [0.05, 0.1) is 11.1 Å². The third-order valence-electron chi connectivity index (χ3n) is 3.62. The van der Waals surface area contributed by atoms with Crippen molar-refractivity contribution in [3.05, 3.63) is 59.8 Å². The van der Waals surface area contributed by atoms with Gasteiger partial charge in [0, 0.05) is 5.56 Å². The van der Waals surface area contributed by atoms with E-state index in [1.807, 2.05) is 0 Å². The number of hydrogen-bond donors (Lipinski definition) is 2. The van der Waals surface area contributed by atoms with Gasteiger partial charge >= 0.3 is 11.4 Å². The van der Waals surface area contributed by atoms with Gasteiger partial charge in [-0.25, -0.2) is 4.99 Å². The minimum atomic E-state index is -2.67. The zero-order chi connectivity index (χ0) is 16.8. The van der Waals surface area contributed by atoms with Crippen molar-refractivity contribution >= 4 is 39.4 Å². The predicted octanol–water partition coefficient (Wildman–Crippen LogP) is 1.83. The second-order valence-electron chi connectivity index (χ2n) is 4.95. The molecule has 1 aliphatic heterocycles. The quantitative estimate of drug-likeness (QED) is 0.708. The number of benzene rings is 1. The van der Waals surface area contributed by atoms with Gasteiger partial charge in [-0.05, 0) is 24.3 Å². The zero-order valence-electron chi connectivity index (χ0n) is 11.9. The van der Waals surface area contributed by atoms with Crippen LogP contribution in [0.25, 0.3) is 10.9 Å². The maximum atomic E-state index is 12.6. The van der Waals surface area contributed by atoms with Crippen molar-refractivity contribution < 1.29 is 22.9 Å². The lowest BCUT2D eigenvalue weighted by molar-refractivity contribution is 0.106. The van der Waals surface area contributed by atoms with Crippen LogP contribution in [0.1, 0.15) is 16.1 Å². The summed E-state index contributed by atoms with van der Waals surface area (Å²) in [6.07, 6.45) is 0. The van der Waals surface area contributed by atoms with Crippen molar-refractivity contribution in [1.82, 2.24) is 4.73 Å². The van der Waals surface area contributed by atoms with Gasteiger partial charge in [-0.2, -0.15) is 8.94 Å². The van der Waals surface area contributed by atoms with Crippen LogP contribution in [0.2, 0.25) is 0 Å². The highest BCUT2D eigenvalue weighted by atomic mass is 32.2. The average Bonchev–Trinajstić information content (AvgIpc) is 3.04. The zero-order valence-corrected chi connectivity index (χ0v) is 12.7. The summed E-state index contributed by atoms with van der Waals surface area (Å²) >= 11 is -2.67. The molecular formula is C16H8N2O5S. The number of aromatic hydroxyl groups is 1. The van der Waals surface area contributed by atoms with E-state index in [2.05, 4.69) is 17.1 Å². The Morgan fingerprint density at radius 1 is 1.25 bits per heavy atom. The Morgan fingerprint density at radius 3 is 2.79 bits per heavy atom. The SMILES string of the molecule is O=C1C(c2c(O)c3c#cccc3n2OS(=O)O)=Nc2ccccc21. The molecular weight excluding hydrogens is 332 g/mol. The average molecular weight is 340 g/mol. The first-order valence-corrected chi connectivity index (χ1v) is 7.79. The van der Waals surface area contributed by atoms with Crippen LogP contribution in [0.5, 0.6) is 5.75 Å². The lowest BCUT2D eigenvalue weighted by Gasteiger charge is -2.07. The molecule has 118 valence electrons. The predicted molar refractivity (Wildman–Crippen MR) is 85.6 cm³/mol. The lowest BCUT2D eigenvalue weighted by Crippen LogP contribution is -2.22. The molecule has 0 bridgehead atoms. The van der Waals surface area contributed by atoms with Crippen molar-refractivity contribution in [2.45, 2.75) is 0 Å². The molecule has 0 aliphatic carbocycles. The van der Waals surface area contributed by atoms with E-state index in [-0.39, 0.29) is 28.1 Å². The number of aliphatic imine (C=N–C) groups is 1. The van der Waals surface area contributed by atoms with Crippen LogP contribution in [0.3, 0.4) is 0 Å². The summed E-state index contributed by atoms with van der Waals surface area (Å²) in [5, 5.41) is 10.7. The van der Waals surface area contributed by atoms with Crippen molar-refractivity contribution in [3.8, 4) is 5.75 Å². The lowest BCUT2D eigenvalue weighted by atomic mass is 10.1. The summed E-state index contributed by atoms with van der Waals surface area (Å²) < 4.78 is 26.0. The summed E-state index contributed by atoms with van der Waals surface area (Å²) in [6.45, 7) is 0. The second-order valence-corrected chi connectivity index (χ2v) is 5.54. The Labute approximate surface area is 138 Å². The summed E-state index contributed by atoms with van der Waals surface area (Å²) in [6, 6.07) is 15.1. The van der Waals surface area contributed by atoms with E-state index in [0.29, 0.717) is 11.3 Å². The molecule has 2 heterocycles.